The summed E-state index contributed by atoms with van der Waals surface area (Å²) in [5.74, 6) is -1.17. The van der Waals surface area contributed by atoms with Crippen molar-refractivity contribution >= 4 is 23.7 Å². The van der Waals surface area contributed by atoms with Gasteiger partial charge in [-0.15, -0.1) is 0 Å². The second-order valence-corrected chi connectivity index (χ2v) is 8.82. The van der Waals surface area contributed by atoms with E-state index >= 15 is 0 Å². The van der Waals surface area contributed by atoms with E-state index in [1.807, 2.05) is 24.3 Å². The number of nitrogens with one attached hydrogen (secondary N) is 1. The monoisotopic (exact) mass is 426 g/mol. The molecule has 2 atom stereocenters. The molecule has 1 aromatic carbocycles. The van der Waals surface area contributed by atoms with Crippen molar-refractivity contribution in [2.45, 2.75) is 44.2 Å². The van der Waals surface area contributed by atoms with Gasteiger partial charge in [-0.25, -0.2) is 14.4 Å². The highest BCUT2D eigenvalue weighted by molar-refractivity contribution is 6.02. The van der Waals surface area contributed by atoms with Gasteiger partial charge in [-0.05, 0) is 44.9 Å². The average molecular weight is 426 g/mol. The van der Waals surface area contributed by atoms with Crippen LogP contribution in [-0.2, 0) is 29.2 Å². The maximum atomic E-state index is 13.1. The molecule has 0 unspecified atom stereocenters. The second-order valence-electron chi connectivity index (χ2n) is 8.82. The van der Waals surface area contributed by atoms with Gasteiger partial charge < -0.3 is 19.5 Å². The molecule has 1 N–H and O–H groups in total. The number of carbonyl (C=O) groups is 3. The fourth-order valence-corrected chi connectivity index (χ4v) is 4.83. The Balaban J connectivity index is 1.98. The van der Waals surface area contributed by atoms with E-state index in [-0.39, 0.29) is 5.57 Å². The molecular weight excluding hydrogens is 400 g/mol. The molecule has 2 heterocycles. The number of para-hydroxylation sites is 1. The molecule has 8 nitrogen and oxygen atoms in total. The number of hydrogen-bond acceptors (Lipinski definition) is 7. The van der Waals surface area contributed by atoms with Gasteiger partial charge in [0, 0.05) is 12.2 Å². The first-order valence-corrected chi connectivity index (χ1v) is 10.1. The minimum absolute atomic E-state index is 0.154. The van der Waals surface area contributed by atoms with Crippen molar-refractivity contribution in [3.63, 3.8) is 0 Å². The van der Waals surface area contributed by atoms with Crippen LogP contribution in [0.5, 0.6) is 0 Å². The van der Waals surface area contributed by atoms with Gasteiger partial charge in [0.05, 0.1) is 42.5 Å². The number of likely N-dealkylation sites (tertiary alicyclic amines) is 1. The number of fused-ring (bicyclic) bond motifs is 1. The summed E-state index contributed by atoms with van der Waals surface area (Å²) in [6, 6.07) is 7.18. The van der Waals surface area contributed by atoms with E-state index in [0.717, 1.165) is 11.3 Å². The minimum atomic E-state index is -0.810. The molecule has 0 radical (unpaired) electrons. The van der Waals surface area contributed by atoms with Crippen LogP contribution in [0.3, 0.4) is 0 Å². The van der Waals surface area contributed by atoms with Crippen LogP contribution >= 0.6 is 0 Å². The molecule has 8 heteroatoms. The van der Waals surface area contributed by atoms with Gasteiger partial charge in [0.15, 0.2) is 0 Å². The Morgan fingerprint density at radius 2 is 1.77 bits per heavy atom. The molecule has 3 aliphatic rings. The van der Waals surface area contributed by atoms with E-state index in [2.05, 4.69) is 5.32 Å². The molecule has 1 aromatic rings. The fraction of sp³-hybridized carbons (Fsp3) is 0.435. The zero-order valence-electron chi connectivity index (χ0n) is 18.3. The van der Waals surface area contributed by atoms with E-state index in [4.69, 9.17) is 14.2 Å². The normalized spacial score (nSPS) is 23.8. The molecule has 1 amide bonds. The molecular formula is C23H26N2O6. The average Bonchev–Trinajstić information content (AvgIpc) is 3.28. The van der Waals surface area contributed by atoms with Gasteiger partial charge in [-0.1, -0.05) is 18.2 Å². The topological polar surface area (TPSA) is 94.2 Å². The first-order chi connectivity index (χ1) is 14.6. The van der Waals surface area contributed by atoms with Crippen LogP contribution in [0, 0.1) is 0 Å². The van der Waals surface area contributed by atoms with Gasteiger partial charge in [0.25, 0.3) is 0 Å². The largest absolute Gasteiger partial charge is 0.466 e. The lowest BCUT2D eigenvalue weighted by Crippen LogP contribution is -2.47. The second kappa shape index (κ2) is 7.14. The van der Waals surface area contributed by atoms with Gasteiger partial charge >= 0.3 is 18.0 Å². The number of methoxy groups -OCH3 is 2. The van der Waals surface area contributed by atoms with Crippen LogP contribution in [-0.4, -0.2) is 55.3 Å². The summed E-state index contributed by atoms with van der Waals surface area (Å²) in [5.41, 5.74) is 1.20. The first-order valence-electron chi connectivity index (χ1n) is 10.1. The molecule has 0 aromatic heterocycles. The Kier molecular flexibility index (Phi) is 4.83. The van der Waals surface area contributed by atoms with E-state index in [0.29, 0.717) is 24.2 Å². The SMILES string of the molecule is COC(=O)C1=CC(C(=O)OC)=C2N(C(=O)OC(C)(C)C)CC[C@@]23c2ccccc2N[C@@H]13. The quantitative estimate of drug-likeness (QED) is 0.574. The predicted octanol–water partition coefficient (Wildman–Crippen LogP) is 2.90. The lowest BCUT2D eigenvalue weighted by atomic mass is 9.67. The molecule has 31 heavy (non-hydrogen) atoms. The van der Waals surface area contributed by atoms with E-state index < -0.39 is 35.1 Å². The molecule has 164 valence electrons. The Bertz CT molecular complexity index is 1030. The van der Waals surface area contributed by atoms with Crippen molar-refractivity contribution in [2.24, 2.45) is 0 Å². The van der Waals surface area contributed by atoms with Gasteiger partial charge in [-0.2, -0.15) is 0 Å². The third-order valence-electron chi connectivity index (χ3n) is 5.93. The lowest BCUT2D eigenvalue weighted by molar-refractivity contribution is -0.136. The molecule has 1 spiro atoms. The highest BCUT2D eigenvalue weighted by Gasteiger charge is 2.61. The van der Waals surface area contributed by atoms with E-state index in [9.17, 15) is 14.4 Å². The number of nitrogens with zero attached hydrogens (tertiary/aromatic N) is 1. The number of amides is 1. The van der Waals surface area contributed by atoms with Gasteiger partial charge in [0.1, 0.15) is 5.60 Å². The lowest BCUT2D eigenvalue weighted by Gasteiger charge is -2.39. The number of carbonyl (C=O) groups excluding carboxylic acids is 3. The number of ether oxygens (including phenoxy) is 3. The number of benzene rings is 1. The van der Waals surface area contributed by atoms with E-state index in [1.54, 1.807) is 20.8 Å². The smallest absolute Gasteiger partial charge is 0.414 e. The van der Waals surface area contributed by atoms with Crippen LogP contribution in [0.1, 0.15) is 32.8 Å². The van der Waals surface area contributed by atoms with Crippen molar-refractivity contribution in [2.75, 3.05) is 26.1 Å². The highest BCUT2D eigenvalue weighted by Crippen LogP contribution is 2.57. The third-order valence-corrected chi connectivity index (χ3v) is 5.93. The Morgan fingerprint density at radius 1 is 1.10 bits per heavy atom. The molecule has 2 aliphatic heterocycles. The Morgan fingerprint density at radius 3 is 2.42 bits per heavy atom. The maximum absolute atomic E-state index is 13.1. The molecule has 0 saturated carbocycles. The fourth-order valence-electron chi connectivity index (χ4n) is 4.83. The molecule has 4 rings (SSSR count). The summed E-state index contributed by atoms with van der Waals surface area (Å²) in [7, 11) is 2.57. The van der Waals surface area contributed by atoms with Crippen LogP contribution in [0.25, 0.3) is 0 Å². The summed E-state index contributed by atoms with van der Waals surface area (Å²) in [5, 5.41) is 3.41. The summed E-state index contributed by atoms with van der Waals surface area (Å²) in [6.07, 6.45) is 1.43. The van der Waals surface area contributed by atoms with Gasteiger partial charge in [-0.3, -0.25) is 4.90 Å². The molecule has 1 aliphatic carbocycles. The number of anilines is 1. The zero-order valence-corrected chi connectivity index (χ0v) is 18.3. The standard InChI is InChI=1S/C23H26N2O6/c1-22(2,3)31-21(28)25-11-10-23-15-8-6-7-9-16(15)24-17(23)13(19(26)29-4)12-14(18(23)25)20(27)30-5/h6-9,12,17,24H,10-11H2,1-5H3/t17-,23-/m0/s1. The summed E-state index contributed by atoms with van der Waals surface area (Å²) < 4.78 is 15.7. The minimum Gasteiger partial charge on any atom is -0.466 e. The Labute approximate surface area is 180 Å². The summed E-state index contributed by atoms with van der Waals surface area (Å²) in [6.45, 7) is 5.70. The summed E-state index contributed by atoms with van der Waals surface area (Å²) >= 11 is 0. The number of rotatable bonds is 2. The predicted molar refractivity (Wildman–Crippen MR) is 112 cm³/mol. The third kappa shape index (κ3) is 3.08. The number of esters is 2. The van der Waals surface area contributed by atoms with Crippen LogP contribution in [0.4, 0.5) is 10.5 Å². The molecule has 0 bridgehead atoms. The van der Waals surface area contributed by atoms with Crippen LogP contribution in [0.2, 0.25) is 0 Å². The summed E-state index contributed by atoms with van der Waals surface area (Å²) in [4.78, 5) is 40.2. The van der Waals surface area contributed by atoms with Crippen molar-refractivity contribution in [1.82, 2.24) is 4.90 Å². The van der Waals surface area contributed by atoms with Gasteiger partial charge in [0.2, 0.25) is 0 Å². The van der Waals surface area contributed by atoms with Crippen molar-refractivity contribution < 1.29 is 28.6 Å². The van der Waals surface area contributed by atoms with Crippen LogP contribution in [0.15, 0.2) is 47.2 Å². The maximum Gasteiger partial charge on any atom is 0.414 e. The Hall–Kier alpha value is -3.29. The number of hydrogen-bond donors (Lipinski definition) is 1. The highest BCUT2D eigenvalue weighted by atomic mass is 16.6. The molecule has 1 saturated heterocycles. The van der Waals surface area contributed by atoms with Crippen molar-refractivity contribution in [3.05, 3.63) is 52.7 Å². The molecule has 1 fully saturated rings. The zero-order chi connectivity index (χ0) is 22.6. The van der Waals surface area contributed by atoms with E-state index in [1.165, 1.54) is 25.2 Å². The van der Waals surface area contributed by atoms with Crippen LogP contribution < -0.4 is 5.32 Å². The first kappa shape index (κ1) is 21.0. The van der Waals surface area contributed by atoms with Crippen molar-refractivity contribution in [3.8, 4) is 0 Å². The van der Waals surface area contributed by atoms with Crippen molar-refractivity contribution in [1.29, 1.82) is 0 Å².